The van der Waals surface area contributed by atoms with E-state index in [9.17, 15) is 4.79 Å². The first-order valence-electron chi connectivity index (χ1n) is 7.19. The number of hydrogen-bond acceptors (Lipinski definition) is 3. The number of thiophene rings is 1. The van der Waals surface area contributed by atoms with E-state index in [1.54, 1.807) is 23.5 Å². The fourth-order valence-electron chi connectivity index (χ4n) is 2.63. The lowest BCUT2D eigenvalue weighted by atomic mass is 10.1. The van der Waals surface area contributed by atoms with Gasteiger partial charge in [-0.25, -0.2) is 4.98 Å². The third-order valence-corrected chi connectivity index (χ3v) is 5.22. The van der Waals surface area contributed by atoms with E-state index in [-0.39, 0.29) is 5.91 Å². The van der Waals surface area contributed by atoms with E-state index >= 15 is 0 Å². The summed E-state index contributed by atoms with van der Waals surface area (Å²) in [6, 6.07) is 5.54. The predicted molar refractivity (Wildman–Crippen MR) is 87.5 cm³/mol. The number of pyridine rings is 1. The molecule has 1 N–H and O–H groups in total. The molecule has 2 aromatic heterocycles. The molecular weight excluding hydrogens is 304 g/mol. The van der Waals surface area contributed by atoms with Crippen molar-refractivity contribution in [1.82, 2.24) is 4.98 Å². The summed E-state index contributed by atoms with van der Waals surface area (Å²) in [7, 11) is 0. The number of fused-ring (bicyclic) bond motifs is 1. The molecule has 1 aliphatic carbocycles. The normalized spacial score (nSPS) is 14.4. The lowest BCUT2D eigenvalue weighted by Crippen LogP contribution is -2.11. The van der Waals surface area contributed by atoms with Crippen LogP contribution in [0.15, 0.2) is 18.2 Å². The summed E-state index contributed by atoms with van der Waals surface area (Å²) in [5.74, 6) is -0.0553. The van der Waals surface area contributed by atoms with Gasteiger partial charge in [0.2, 0.25) is 0 Å². The van der Waals surface area contributed by atoms with Crippen molar-refractivity contribution in [2.45, 2.75) is 39.0 Å². The monoisotopic (exact) mass is 320 g/mol. The van der Waals surface area contributed by atoms with Crippen molar-refractivity contribution in [2.75, 3.05) is 5.32 Å². The van der Waals surface area contributed by atoms with Crippen molar-refractivity contribution >= 4 is 34.5 Å². The third-order valence-electron chi connectivity index (χ3n) is 3.77. The first-order valence-corrected chi connectivity index (χ1v) is 8.39. The number of hydrogen-bond donors (Lipinski definition) is 1. The Morgan fingerprint density at radius 1 is 1.29 bits per heavy atom. The Bertz CT molecular complexity index is 657. The summed E-state index contributed by atoms with van der Waals surface area (Å²) < 4.78 is 0. The second-order valence-corrected chi connectivity index (χ2v) is 6.86. The summed E-state index contributed by atoms with van der Waals surface area (Å²) in [5.41, 5.74) is 2.80. The summed E-state index contributed by atoms with van der Waals surface area (Å²) >= 11 is 7.46. The van der Waals surface area contributed by atoms with Gasteiger partial charge in [-0.1, -0.05) is 18.0 Å². The van der Waals surface area contributed by atoms with Gasteiger partial charge in [-0.05, 0) is 56.4 Å². The Morgan fingerprint density at radius 2 is 2.10 bits per heavy atom. The van der Waals surface area contributed by atoms with E-state index in [4.69, 9.17) is 11.6 Å². The van der Waals surface area contributed by atoms with Crippen molar-refractivity contribution in [3.63, 3.8) is 0 Å². The zero-order valence-electron chi connectivity index (χ0n) is 11.9. The second kappa shape index (κ2) is 6.16. The van der Waals surface area contributed by atoms with E-state index in [0.29, 0.717) is 10.8 Å². The van der Waals surface area contributed by atoms with Gasteiger partial charge in [0.15, 0.2) is 0 Å². The Kier molecular flexibility index (Phi) is 4.27. The van der Waals surface area contributed by atoms with Crippen LogP contribution in [0.5, 0.6) is 0 Å². The third kappa shape index (κ3) is 3.27. The van der Waals surface area contributed by atoms with E-state index < -0.39 is 0 Å². The van der Waals surface area contributed by atoms with E-state index in [2.05, 4.69) is 16.4 Å². The molecule has 0 fully saturated rings. The van der Waals surface area contributed by atoms with Crippen LogP contribution in [0.4, 0.5) is 5.69 Å². The van der Waals surface area contributed by atoms with Gasteiger partial charge in [-0.3, -0.25) is 4.79 Å². The van der Waals surface area contributed by atoms with Crippen LogP contribution in [0, 0.1) is 6.92 Å². The van der Waals surface area contributed by atoms with Crippen LogP contribution < -0.4 is 5.32 Å². The van der Waals surface area contributed by atoms with Gasteiger partial charge in [0.25, 0.3) is 5.91 Å². The number of nitrogens with one attached hydrogen (secondary N) is 1. The van der Waals surface area contributed by atoms with Crippen molar-refractivity contribution in [3.05, 3.63) is 44.4 Å². The van der Waals surface area contributed by atoms with Crippen LogP contribution >= 0.6 is 22.9 Å². The molecule has 2 heterocycles. The van der Waals surface area contributed by atoms with Gasteiger partial charge in [0, 0.05) is 4.88 Å². The maximum absolute atomic E-state index is 12.4. The first-order chi connectivity index (χ1) is 10.1. The molecule has 110 valence electrons. The molecule has 0 unspecified atom stereocenters. The average Bonchev–Trinajstić information content (AvgIpc) is 2.73. The molecule has 2 aromatic rings. The number of carbonyl (C=O) groups excluding carboxylic acids is 1. The number of nitrogens with zero attached hydrogens (tertiary/aromatic N) is 1. The smallest absolute Gasteiger partial charge is 0.265 e. The largest absolute Gasteiger partial charge is 0.320 e. The molecule has 0 radical (unpaired) electrons. The number of carbonyl (C=O) groups is 1. The second-order valence-electron chi connectivity index (χ2n) is 5.34. The molecule has 0 saturated carbocycles. The highest BCUT2D eigenvalue weighted by Crippen LogP contribution is 2.29. The lowest BCUT2D eigenvalue weighted by molar-refractivity contribution is 0.103. The standard InChI is InChI=1S/C16H17ClN2OS/c1-10-12(7-8-15(17)18-10)19-16(20)14-9-11-5-3-2-4-6-13(11)21-14/h7-9H,2-6H2,1H3,(H,19,20). The van der Waals surface area contributed by atoms with Crippen LogP contribution in [-0.4, -0.2) is 10.9 Å². The molecule has 3 rings (SSSR count). The Balaban J connectivity index is 1.79. The molecular formula is C16H17ClN2OS. The lowest BCUT2D eigenvalue weighted by Gasteiger charge is -2.06. The maximum atomic E-state index is 12.4. The molecule has 0 atom stereocenters. The molecule has 5 heteroatoms. The van der Waals surface area contributed by atoms with Gasteiger partial charge in [-0.15, -0.1) is 11.3 Å². The van der Waals surface area contributed by atoms with E-state index in [1.807, 2.05) is 6.92 Å². The molecule has 1 aliphatic rings. The maximum Gasteiger partial charge on any atom is 0.265 e. The molecule has 0 aliphatic heterocycles. The van der Waals surface area contributed by atoms with Crippen molar-refractivity contribution in [1.29, 1.82) is 0 Å². The minimum absolute atomic E-state index is 0.0553. The van der Waals surface area contributed by atoms with Crippen molar-refractivity contribution < 1.29 is 4.79 Å². The van der Waals surface area contributed by atoms with Crippen LogP contribution in [0.1, 0.15) is 45.1 Å². The van der Waals surface area contributed by atoms with Gasteiger partial charge in [0.05, 0.1) is 16.3 Å². The fourth-order valence-corrected chi connectivity index (χ4v) is 3.96. The Labute approximate surface area is 133 Å². The molecule has 0 bridgehead atoms. The molecule has 21 heavy (non-hydrogen) atoms. The quantitative estimate of drug-likeness (QED) is 0.647. The number of amides is 1. The van der Waals surface area contributed by atoms with E-state index in [1.165, 1.54) is 29.7 Å². The van der Waals surface area contributed by atoms with Crippen LogP contribution in [0.25, 0.3) is 0 Å². The number of aromatic nitrogens is 1. The zero-order valence-corrected chi connectivity index (χ0v) is 13.5. The number of halogens is 1. The van der Waals surface area contributed by atoms with Crippen LogP contribution in [0.2, 0.25) is 5.15 Å². The minimum atomic E-state index is -0.0553. The van der Waals surface area contributed by atoms with Gasteiger partial charge in [0.1, 0.15) is 5.15 Å². The SMILES string of the molecule is Cc1nc(Cl)ccc1NC(=O)c1cc2c(s1)CCCCC2. The summed E-state index contributed by atoms with van der Waals surface area (Å²) in [5, 5.41) is 3.37. The van der Waals surface area contributed by atoms with Gasteiger partial charge in [-0.2, -0.15) is 0 Å². The minimum Gasteiger partial charge on any atom is -0.320 e. The molecule has 0 saturated heterocycles. The Hall–Kier alpha value is -1.39. The van der Waals surface area contributed by atoms with Crippen LogP contribution in [-0.2, 0) is 12.8 Å². The highest BCUT2D eigenvalue weighted by atomic mass is 35.5. The molecule has 0 spiro atoms. The highest BCUT2D eigenvalue weighted by Gasteiger charge is 2.17. The van der Waals surface area contributed by atoms with E-state index in [0.717, 1.165) is 23.4 Å². The summed E-state index contributed by atoms with van der Waals surface area (Å²) in [4.78, 5) is 18.7. The zero-order chi connectivity index (χ0) is 14.8. The van der Waals surface area contributed by atoms with Gasteiger partial charge >= 0.3 is 0 Å². The Morgan fingerprint density at radius 3 is 2.90 bits per heavy atom. The number of aryl methyl sites for hydroxylation is 3. The number of rotatable bonds is 2. The molecule has 1 amide bonds. The number of anilines is 1. The van der Waals surface area contributed by atoms with Crippen molar-refractivity contribution in [2.24, 2.45) is 0 Å². The summed E-state index contributed by atoms with van der Waals surface area (Å²) in [6.07, 6.45) is 5.95. The summed E-state index contributed by atoms with van der Waals surface area (Å²) in [6.45, 7) is 1.84. The fraction of sp³-hybridized carbons (Fsp3) is 0.375. The van der Waals surface area contributed by atoms with Crippen molar-refractivity contribution in [3.8, 4) is 0 Å². The topological polar surface area (TPSA) is 42.0 Å². The highest BCUT2D eigenvalue weighted by molar-refractivity contribution is 7.14. The molecule has 0 aromatic carbocycles. The van der Waals surface area contributed by atoms with Gasteiger partial charge < -0.3 is 5.32 Å². The first kappa shape index (κ1) is 14.5. The predicted octanol–water partition coefficient (Wildman–Crippen LogP) is 4.63. The average molecular weight is 321 g/mol. The van der Waals surface area contributed by atoms with Crippen LogP contribution in [0.3, 0.4) is 0 Å². The molecule has 3 nitrogen and oxygen atoms in total.